The summed E-state index contributed by atoms with van der Waals surface area (Å²) in [5, 5.41) is 0.586. The molecule has 19 heavy (non-hydrogen) atoms. The molecule has 1 aliphatic heterocycles. The van der Waals surface area contributed by atoms with Gasteiger partial charge >= 0.3 is 0 Å². The van der Waals surface area contributed by atoms with Crippen molar-refractivity contribution in [2.75, 3.05) is 23.7 Å². The summed E-state index contributed by atoms with van der Waals surface area (Å²) in [5.74, 6) is 0. The first kappa shape index (κ1) is 12.0. The molecule has 0 bridgehead atoms. The Morgan fingerprint density at radius 2 is 1.95 bits per heavy atom. The number of piperidine rings is 1. The summed E-state index contributed by atoms with van der Waals surface area (Å²) in [7, 11) is 1.70. The van der Waals surface area contributed by atoms with Gasteiger partial charge in [0.2, 0.25) is 0 Å². The molecule has 2 aromatic rings. The van der Waals surface area contributed by atoms with Crippen LogP contribution in [-0.4, -0.2) is 22.6 Å². The highest BCUT2D eigenvalue weighted by atomic mass is 16.1. The van der Waals surface area contributed by atoms with E-state index in [1.165, 1.54) is 23.8 Å². The average Bonchev–Trinajstić information content (AvgIpc) is 2.44. The van der Waals surface area contributed by atoms with E-state index in [0.29, 0.717) is 11.1 Å². The summed E-state index contributed by atoms with van der Waals surface area (Å²) in [4.78, 5) is 18.6. The van der Waals surface area contributed by atoms with E-state index < -0.39 is 0 Å². The maximum absolute atomic E-state index is 12.0. The second-order valence-electron chi connectivity index (χ2n) is 5.14. The summed E-state index contributed by atoms with van der Waals surface area (Å²) in [6.45, 7) is 2.06. The molecule has 3 rings (SSSR count). The van der Waals surface area contributed by atoms with Gasteiger partial charge in [0.05, 0.1) is 28.6 Å². The van der Waals surface area contributed by atoms with Gasteiger partial charge in [-0.1, -0.05) is 0 Å². The summed E-state index contributed by atoms with van der Waals surface area (Å²) < 4.78 is 1.47. The largest absolute Gasteiger partial charge is 0.397 e. The van der Waals surface area contributed by atoms with E-state index in [4.69, 9.17) is 5.73 Å². The number of fused-ring (bicyclic) bond motifs is 1. The molecule has 1 aliphatic rings. The van der Waals surface area contributed by atoms with Gasteiger partial charge in [0, 0.05) is 20.1 Å². The lowest BCUT2D eigenvalue weighted by Crippen LogP contribution is -2.30. The zero-order valence-corrected chi connectivity index (χ0v) is 11.1. The zero-order valence-electron chi connectivity index (χ0n) is 11.1. The van der Waals surface area contributed by atoms with Crippen LogP contribution < -0.4 is 16.2 Å². The number of hydrogen-bond donors (Lipinski definition) is 1. The first-order valence-corrected chi connectivity index (χ1v) is 6.66. The highest BCUT2D eigenvalue weighted by Gasteiger charge is 2.15. The molecule has 1 aromatic carbocycles. The maximum atomic E-state index is 12.0. The minimum Gasteiger partial charge on any atom is -0.397 e. The molecule has 2 N–H and O–H groups in total. The fraction of sp³-hybridized carbons (Fsp3) is 0.429. The van der Waals surface area contributed by atoms with Crippen molar-refractivity contribution < 1.29 is 0 Å². The predicted molar refractivity (Wildman–Crippen MR) is 77.5 cm³/mol. The number of nitrogens with two attached hydrogens (primary N) is 1. The highest BCUT2D eigenvalue weighted by molar-refractivity contribution is 5.88. The number of aromatic nitrogens is 2. The van der Waals surface area contributed by atoms with E-state index in [2.05, 4.69) is 9.88 Å². The van der Waals surface area contributed by atoms with E-state index in [9.17, 15) is 4.79 Å². The number of hydrogen-bond acceptors (Lipinski definition) is 4. The summed E-state index contributed by atoms with van der Waals surface area (Å²) >= 11 is 0. The van der Waals surface area contributed by atoms with Crippen LogP contribution in [0.4, 0.5) is 11.4 Å². The quantitative estimate of drug-likeness (QED) is 0.787. The zero-order chi connectivity index (χ0) is 13.4. The van der Waals surface area contributed by atoms with Crippen molar-refractivity contribution in [2.24, 2.45) is 7.05 Å². The molecule has 2 heterocycles. The lowest BCUT2D eigenvalue weighted by Gasteiger charge is -2.30. The molecule has 1 aromatic heterocycles. The molecule has 100 valence electrons. The minimum atomic E-state index is -0.0538. The smallest absolute Gasteiger partial charge is 0.260 e. The Bertz CT molecular complexity index is 671. The van der Waals surface area contributed by atoms with Crippen molar-refractivity contribution in [3.05, 3.63) is 28.8 Å². The second-order valence-corrected chi connectivity index (χ2v) is 5.14. The van der Waals surface area contributed by atoms with Crippen LogP contribution >= 0.6 is 0 Å². The molecule has 0 atom stereocenters. The number of rotatable bonds is 1. The number of nitrogens with zero attached hydrogens (tertiary/aromatic N) is 3. The van der Waals surface area contributed by atoms with Gasteiger partial charge in [0.1, 0.15) is 0 Å². The maximum Gasteiger partial charge on any atom is 0.260 e. The number of aryl methyl sites for hydroxylation is 1. The normalized spacial score (nSPS) is 15.9. The molecule has 5 nitrogen and oxygen atoms in total. The Morgan fingerprint density at radius 3 is 2.68 bits per heavy atom. The van der Waals surface area contributed by atoms with Crippen LogP contribution in [0.3, 0.4) is 0 Å². The third-order valence-electron chi connectivity index (χ3n) is 3.76. The van der Waals surface area contributed by atoms with Crippen LogP contribution in [0.25, 0.3) is 10.9 Å². The first-order chi connectivity index (χ1) is 9.16. The van der Waals surface area contributed by atoms with Gasteiger partial charge in [-0.15, -0.1) is 0 Å². The Hall–Kier alpha value is -2.04. The van der Waals surface area contributed by atoms with E-state index in [1.807, 2.05) is 6.07 Å². The summed E-state index contributed by atoms with van der Waals surface area (Å²) in [6.07, 6.45) is 5.23. The van der Waals surface area contributed by atoms with Crippen LogP contribution in [0.5, 0.6) is 0 Å². The van der Waals surface area contributed by atoms with Crippen molar-refractivity contribution in [1.82, 2.24) is 9.55 Å². The standard InChI is InChI=1S/C14H18N4O/c1-17-9-16-12-8-13(18-5-3-2-4-6-18)11(15)7-10(12)14(17)19/h7-9H,2-6,15H2,1H3. The summed E-state index contributed by atoms with van der Waals surface area (Å²) in [6, 6.07) is 3.70. The molecule has 0 amide bonds. The van der Waals surface area contributed by atoms with Crippen molar-refractivity contribution >= 4 is 22.3 Å². The van der Waals surface area contributed by atoms with Crippen LogP contribution in [0.1, 0.15) is 19.3 Å². The van der Waals surface area contributed by atoms with Crippen molar-refractivity contribution in [3.63, 3.8) is 0 Å². The number of benzene rings is 1. The molecule has 0 unspecified atom stereocenters. The molecule has 0 spiro atoms. The van der Waals surface area contributed by atoms with Crippen molar-refractivity contribution in [1.29, 1.82) is 0 Å². The SMILES string of the molecule is Cn1cnc2cc(N3CCCCC3)c(N)cc2c1=O. The Kier molecular flexibility index (Phi) is 2.89. The molecule has 5 heteroatoms. The van der Waals surface area contributed by atoms with Gasteiger partial charge < -0.3 is 15.2 Å². The molecular weight excluding hydrogens is 240 g/mol. The fourth-order valence-electron chi connectivity index (χ4n) is 2.67. The van der Waals surface area contributed by atoms with Gasteiger partial charge in [0.15, 0.2) is 0 Å². The molecular formula is C14H18N4O. The Morgan fingerprint density at radius 1 is 1.21 bits per heavy atom. The molecule has 0 saturated carbocycles. The molecule has 0 aliphatic carbocycles. The Labute approximate surface area is 111 Å². The van der Waals surface area contributed by atoms with Gasteiger partial charge in [-0.3, -0.25) is 4.79 Å². The predicted octanol–water partition coefficient (Wildman–Crippen LogP) is 1.51. The minimum absolute atomic E-state index is 0.0538. The van der Waals surface area contributed by atoms with Crippen molar-refractivity contribution in [3.8, 4) is 0 Å². The van der Waals surface area contributed by atoms with E-state index in [1.54, 1.807) is 19.4 Å². The third-order valence-corrected chi connectivity index (χ3v) is 3.76. The van der Waals surface area contributed by atoms with E-state index in [-0.39, 0.29) is 5.56 Å². The lowest BCUT2D eigenvalue weighted by atomic mass is 10.1. The van der Waals surface area contributed by atoms with E-state index in [0.717, 1.165) is 24.3 Å². The van der Waals surface area contributed by atoms with Gasteiger partial charge in [-0.2, -0.15) is 0 Å². The van der Waals surface area contributed by atoms with Crippen LogP contribution in [0.15, 0.2) is 23.3 Å². The second kappa shape index (κ2) is 4.57. The summed E-state index contributed by atoms with van der Waals surface area (Å²) in [5.41, 5.74) is 8.46. The van der Waals surface area contributed by atoms with Gasteiger partial charge in [-0.25, -0.2) is 4.98 Å². The van der Waals surface area contributed by atoms with Crippen molar-refractivity contribution in [2.45, 2.75) is 19.3 Å². The Balaban J connectivity index is 2.14. The van der Waals surface area contributed by atoms with E-state index >= 15 is 0 Å². The topological polar surface area (TPSA) is 64.2 Å². The highest BCUT2D eigenvalue weighted by Crippen LogP contribution is 2.29. The fourth-order valence-corrected chi connectivity index (χ4v) is 2.67. The molecule has 1 saturated heterocycles. The first-order valence-electron chi connectivity index (χ1n) is 6.66. The van der Waals surface area contributed by atoms with Crippen LogP contribution in [-0.2, 0) is 7.05 Å². The molecule has 0 radical (unpaired) electrons. The monoisotopic (exact) mass is 258 g/mol. The molecule has 1 fully saturated rings. The number of anilines is 2. The van der Waals surface area contributed by atoms with Gasteiger partial charge in [-0.05, 0) is 31.4 Å². The van der Waals surface area contributed by atoms with Crippen LogP contribution in [0.2, 0.25) is 0 Å². The lowest BCUT2D eigenvalue weighted by molar-refractivity contribution is 0.578. The van der Waals surface area contributed by atoms with Gasteiger partial charge in [0.25, 0.3) is 5.56 Å². The van der Waals surface area contributed by atoms with Crippen LogP contribution in [0, 0.1) is 0 Å². The number of nitrogen functional groups attached to an aromatic ring is 1. The third kappa shape index (κ3) is 2.05. The average molecular weight is 258 g/mol.